The second-order valence-corrected chi connectivity index (χ2v) is 5.30. The van der Waals surface area contributed by atoms with E-state index in [0.717, 1.165) is 5.56 Å². The summed E-state index contributed by atoms with van der Waals surface area (Å²) in [4.78, 5) is 25.1. The predicted molar refractivity (Wildman–Crippen MR) is 76.6 cm³/mol. The van der Waals surface area contributed by atoms with Crippen LogP contribution >= 0.6 is 0 Å². The summed E-state index contributed by atoms with van der Waals surface area (Å²) in [5, 5.41) is 0. The highest BCUT2D eigenvalue weighted by Crippen LogP contribution is 2.17. The molecule has 20 heavy (non-hydrogen) atoms. The van der Waals surface area contributed by atoms with Gasteiger partial charge >= 0.3 is 0 Å². The van der Waals surface area contributed by atoms with Gasteiger partial charge in [0.15, 0.2) is 0 Å². The lowest BCUT2D eigenvalue weighted by Crippen LogP contribution is -2.49. The maximum Gasteiger partial charge on any atom is 0.239 e. The van der Waals surface area contributed by atoms with E-state index >= 15 is 0 Å². The topological polar surface area (TPSA) is 89.4 Å². The van der Waals surface area contributed by atoms with Crippen LogP contribution in [0, 0.1) is 5.92 Å². The molecule has 0 aliphatic carbocycles. The minimum absolute atomic E-state index is 0.0447. The van der Waals surface area contributed by atoms with E-state index < -0.39 is 6.04 Å². The molecule has 0 bridgehead atoms. The molecule has 1 aliphatic rings. The van der Waals surface area contributed by atoms with Crippen LogP contribution in [0.15, 0.2) is 30.3 Å². The normalized spacial score (nSPS) is 17.8. The third-order valence-electron chi connectivity index (χ3n) is 3.82. The van der Waals surface area contributed by atoms with Gasteiger partial charge in [-0.25, -0.2) is 0 Å². The molecule has 1 heterocycles. The number of carbonyl (C=O) groups excluding carboxylic acids is 2. The average Bonchev–Trinajstić information content (AvgIpc) is 2.47. The molecule has 0 saturated carbocycles. The van der Waals surface area contributed by atoms with Crippen molar-refractivity contribution in [2.24, 2.45) is 17.4 Å². The molecular formula is C15H21N3O2. The maximum absolute atomic E-state index is 12.3. The number of rotatable bonds is 4. The highest BCUT2D eigenvalue weighted by atomic mass is 16.2. The minimum Gasteiger partial charge on any atom is -0.369 e. The Morgan fingerprint density at radius 2 is 1.80 bits per heavy atom. The molecule has 4 N–H and O–H groups in total. The lowest BCUT2D eigenvalue weighted by molar-refractivity contribution is -0.136. The van der Waals surface area contributed by atoms with Crippen molar-refractivity contribution in [3.05, 3.63) is 35.9 Å². The lowest BCUT2D eigenvalue weighted by Gasteiger charge is -2.32. The first-order chi connectivity index (χ1) is 9.58. The zero-order chi connectivity index (χ0) is 14.5. The van der Waals surface area contributed by atoms with Gasteiger partial charge in [0.1, 0.15) is 0 Å². The van der Waals surface area contributed by atoms with Gasteiger partial charge in [-0.05, 0) is 24.8 Å². The molecule has 2 amide bonds. The first-order valence-corrected chi connectivity index (χ1v) is 6.95. The second-order valence-electron chi connectivity index (χ2n) is 5.30. The Bertz CT molecular complexity index is 467. The molecular weight excluding hydrogens is 254 g/mol. The van der Waals surface area contributed by atoms with Crippen LogP contribution in [0.5, 0.6) is 0 Å². The summed E-state index contributed by atoms with van der Waals surface area (Å²) in [7, 11) is 0. The predicted octanol–water partition coefficient (Wildman–Crippen LogP) is 0.280. The molecule has 1 aromatic rings. The Kier molecular flexibility index (Phi) is 4.74. The Morgan fingerprint density at radius 3 is 2.35 bits per heavy atom. The fraction of sp³-hybridized carbons (Fsp3) is 0.467. The summed E-state index contributed by atoms with van der Waals surface area (Å²) in [5.74, 6) is -0.424. The molecule has 1 aromatic carbocycles. The van der Waals surface area contributed by atoms with Crippen molar-refractivity contribution in [1.29, 1.82) is 0 Å². The van der Waals surface area contributed by atoms with E-state index in [2.05, 4.69) is 0 Å². The van der Waals surface area contributed by atoms with Crippen molar-refractivity contribution in [3.8, 4) is 0 Å². The van der Waals surface area contributed by atoms with Gasteiger partial charge in [-0.2, -0.15) is 0 Å². The third kappa shape index (κ3) is 3.57. The van der Waals surface area contributed by atoms with Gasteiger partial charge in [-0.3, -0.25) is 9.59 Å². The Labute approximate surface area is 118 Å². The number of hydrogen-bond acceptors (Lipinski definition) is 3. The molecule has 1 fully saturated rings. The number of piperidine rings is 1. The second kappa shape index (κ2) is 6.52. The molecule has 5 heteroatoms. The van der Waals surface area contributed by atoms with Crippen LogP contribution in [0.25, 0.3) is 0 Å². The summed E-state index contributed by atoms with van der Waals surface area (Å²) < 4.78 is 0. The summed E-state index contributed by atoms with van der Waals surface area (Å²) in [5.41, 5.74) is 12.3. The molecule has 1 saturated heterocycles. The fourth-order valence-electron chi connectivity index (χ4n) is 2.57. The van der Waals surface area contributed by atoms with Crippen molar-refractivity contribution >= 4 is 11.8 Å². The van der Waals surface area contributed by atoms with Crippen molar-refractivity contribution in [3.63, 3.8) is 0 Å². The monoisotopic (exact) mass is 275 g/mol. The van der Waals surface area contributed by atoms with Crippen molar-refractivity contribution in [2.45, 2.75) is 25.3 Å². The maximum atomic E-state index is 12.3. The van der Waals surface area contributed by atoms with Crippen LogP contribution in [0.1, 0.15) is 18.4 Å². The number of nitrogens with two attached hydrogens (primary N) is 2. The zero-order valence-corrected chi connectivity index (χ0v) is 11.5. The Balaban J connectivity index is 1.87. The summed E-state index contributed by atoms with van der Waals surface area (Å²) in [6.45, 7) is 1.13. The first-order valence-electron chi connectivity index (χ1n) is 6.95. The summed E-state index contributed by atoms with van der Waals surface area (Å²) in [6, 6.07) is 9.21. The van der Waals surface area contributed by atoms with E-state index in [9.17, 15) is 9.59 Å². The molecule has 0 unspecified atom stereocenters. The van der Waals surface area contributed by atoms with Gasteiger partial charge in [-0.15, -0.1) is 0 Å². The average molecular weight is 275 g/mol. The van der Waals surface area contributed by atoms with Gasteiger partial charge in [0, 0.05) is 19.0 Å². The number of primary amides is 1. The summed E-state index contributed by atoms with van der Waals surface area (Å²) >= 11 is 0. The standard InChI is InChI=1S/C15H21N3O2/c16-13(10-11-4-2-1-3-5-11)15(20)18-8-6-12(7-9-18)14(17)19/h1-5,12-13H,6-10,16H2,(H2,17,19)/t13-/m0/s1. The van der Waals surface area contributed by atoms with Gasteiger partial charge in [0.2, 0.25) is 11.8 Å². The third-order valence-corrected chi connectivity index (χ3v) is 3.82. The smallest absolute Gasteiger partial charge is 0.239 e. The number of hydrogen-bond donors (Lipinski definition) is 2. The van der Waals surface area contributed by atoms with Gasteiger partial charge in [0.25, 0.3) is 0 Å². The Hall–Kier alpha value is -1.88. The lowest BCUT2D eigenvalue weighted by atomic mass is 9.95. The quantitative estimate of drug-likeness (QED) is 0.827. The molecule has 0 radical (unpaired) electrons. The van der Waals surface area contributed by atoms with E-state index in [1.165, 1.54) is 0 Å². The summed E-state index contributed by atoms with van der Waals surface area (Å²) in [6.07, 6.45) is 1.81. The Morgan fingerprint density at radius 1 is 1.20 bits per heavy atom. The number of benzene rings is 1. The zero-order valence-electron chi connectivity index (χ0n) is 11.5. The van der Waals surface area contributed by atoms with E-state index in [1.807, 2.05) is 30.3 Å². The van der Waals surface area contributed by atoms with Gasteiger partial charge in [0.05, 0.1) is 6.04 Å². The number of carbonyl (C=O) groups is 2. The van der Waals surface area contributed by atoms with E-state index in [0.29, 0.717) is 32.4 Å². The largest absolute Gasteiger partial charge is 0.369 e. The van der Waals surface area contributed by atoms with Crippen LogP contribution in [-0.2, 0) is 16.0 Å². The number of likely N-dealkylation sites (tertiary alicyclic amines) is 1. The van der Waals surface area contributed by atoms with E-state index in [4.69, 9.17) is 11.5 Å². The van der Waals surface area contributed by atoms with Crippen LogP contribution in [0.3, 0.4) is 0 Å². The molecule has 0 spiro atoms. The van der Waals surface area contributed by atoms with Crippen LogP contribution < -0.4 is 11.5 Å². The van der Waals surface area contributed by atoms with E-state index in [1.54, 1.807) is 4.90 Å². The molecule has 1 aliphatic heterocycles. The highest BCUT2D eigenvalue weighted by Gasteiger charge is 2.28. The van der Waals surface area contributed by atoms with Crippen molar-refractivity contribution < 1.29 is 9.59 Å². The fourth-order valence-corrected chi connectivity index (χ4v) is 2.57. The minimum atomic E-state index is -0.525. The van der Waals surface area contributed by atoms with Crippen LogP contribution in [0.2, 0.25) is 0 Å². The molecule has 108 valence electrons. The molecule has 1 atom stereocenters. The van der Waals surface area contributed by atoms with Gasteiger partial charge in [-0.1, -0.05) is 30.3 Å². The number of amides is 2. The molecule has 2 rings (SSSR count). The SMILES string of the molecule is NC(=O)C1CCN(C(=O)[C@@H](N)Cc2ccccc2)CC1. The van der Waals surface area contributed by atoms with Gasteiger partial charge < -0.3 is 16.4 Å². The molecule has 5 nitrogen and oxygen atoms in total. The van der Waals surface area contributed by atoms with Crippen LogP contribution in [0.4, 0.5) is 0 Å². The van der Waals surface area contributed by atoms with Crippen molar-refractivity contribution in [1.82, 2.24) is 4.90 Å². The van der Waals surface area contributed by atoms with Crippen molar-refractivity contribution in [2.75, 3.05) is 13.1 Å². The van der Waals surface area contributed by atoms with E-state index in [-0.39, 0.29) is 17.7 Å². The van der Waals surface area contributed by atoms with Crippen LogP contribution in [-0.4, -0.2) is 35.8 Å². The highest BCUT2D eigenvalue weighted by molar-refractivity contribution is 5.82. The number of nitrogens with zero attached hydrogens (tertiary/aromatic N) is 1. The first kappa shape index (κ1) is 14.5. The molecule has 0 aromatic heterocycles.